The number of hydrogen-bond acceptors (Lipinski definition) is 12. The molecule has 2 aliphatic rings. The van der Waals surface area contributed by atoms with Crippen LogP contribution in [0.4, 0.5) is 9.52 Å². The van der Waals surface area contributed by atoms with E-state index in [1.165, 1.54) is 11.8 Å². The summed E-state index contributed by atoms with van der Waals surface area (Å²) in [4.78, 5) is 61.8. The molecule has 0 aliphatic carbocycles. The Balaban J connectivity index is 1.24. The number of carboxylic acids is 1. The first-order valence-corrected chi connectivity index (χ1v) is 19.4. The molecule has 3 atom stereocenters. The average Bonchev–Trinajstić information content (AvgIpc) is 3.67. The highest BCUT2D eigenvalue weighted by Gasteiger charge is 2.54. The van der Waals surface area contributed by atoms with Gasteiger partial charge in [-0.3, -0.25) is 19.3 Å². The van der Waals surface area contributed by atoms with E-state index < -0.39 is 65.9 Å². The number of aliphatic carboxylic acids is 1. The number of carboxylic acid groups (broad SMARTS) is 1. The molecule has 3 heterocycles. The van der Waals surface area contributed by atoms with Gasteiger partial charge in [0.1, 0.15) is 29.3 Å². The van der Waals surface area contributed by atoms with Gasteiger partial charge in [0.25, 0.3) is 24.6 Å². The Labute approximate surface area is 335 Å². The van der Waals surface area contributed by atoms with Gasteiger partial charge in [-0.05, 0) is 28.3 Å². The minimum atomic E-state index is -1.36. The fourth-order valence-corrected chi connectivity index (χ4v) is 8.76. The molecule has 1 fully saturated rings. The lowest BCUT2D eigenvalue weighted by Crippen LogP contribution is -2.71. The number of β-lactam (4-membered cyclic amide) rings is 1. The predicted molar refractivity (Wildman–Crippen MR) is 212 cm³/mol. The largest absolute Gasteiger partial charge is 0.477 e. The van der Waals surface area contributed by atoms with Crippen LogP contribution in [-0.2, 0) is 29.6 Å². The number of amides is 3. The van der Waals surface area contributed by atoms with Crippen molar-refractivity contribution in [2.45, 2.75) is 23.0 Å². The maximum atomic E-state index is 13.8. The zero-order valence-corrected chi connectivity index (χ0v) is 32.5. The molecule has 15 nitrogen and oxygen atoms in total. The van der Waals surface area contributed by atoms with Crippen molar-refractivity contribution >= 4 is 57.8 Å². The fraction of sp³-hybridized carbons (Fsp3) is 0.256. The summed E-state index contributed by atoms with van der Waals surface area (Å²) in [6.45, 7) is -1.60. The summed E-state index contributed by atoms with van der Waals surface area (Å²) in [5.41, 5.74) is 6.71. The van der Waals surface area contributed by atoms with Gasteiger partial charge in [0, 0.05) is 17.3 Å². The Morgan fingerprint density at radius 2 is 1.63 bits per heavy atom. The number of oxime groups is 1. The van der Waals surface area contributed by atoms with Crippen LogP contribution in [0.5, 0.6) is 0 Å². The first-order chi connectivity index (χ1) is 27.4. The van der Waals surface area contributed by atoms with Crippen molar-refractivity contribution in [1.82, 2.24) is 19.6 Å². The lowest BCUT2D eigenvalue weighted by molar-refractivity contribution is -0.900. The van der Waals surface area contributed by atoms with Crippen LogP contribution in [0.2, 0.25) is 0 Å². The van der Waals surface area contributed by atoms with Crippen molar-refractivity contribution in [2.24, 2.45) is 10.9 Å². The minimum absolute atomic E-state index is 0.0138. The molecule has 0 bridgehead atoms. The number of nitrogens with one attached hydrogen (secondary N) is 2. The van der Waals surface area contributed by atoms with E-state index in [2.05, 4.69) is 30.0 Å². The molecule has 57 heavy (non-hydrogen) atoms. The number of nitrogens with zero attached hydrogens (tertiary/aromatic N) is 5. The summed E-state index contributed by atoms with van der Waals surface area (Å²) in [6, 6.07) is 27.2. The summed E-state index contributed by atoms with van der Waals surface area (Å²) >= 11 is 2.16. The van der Waals surface area contributed by atoms with E-state index in [4.69, 9.17) is 5.73 Å². The first kappa shape index (κ1) is 40.7. The number of primary amides is 1. The Morgan fingerprint density at radius 1 is 1.05 bits per heavy atom. The predicted octanol–water partition coefficient (Wildman–Crippen LogP) is 2.81. The van der Waals surface area contributed by atoms with Gasteiger partial charge in [-0.25, -0.2) is 9.18 Å². The van der Waals surface area contributed by atoms with E-state index in [-0.39, 0.29) is 33.4 Å². The fourth-order valence-electron chi connectivity index (χ4n) is 6.81. The third kappa shape index (κ3) is 8.29. The van der Waals surface area contributed by atoms with E-state index in [0.29, 0.717) is 5.57 Å². The molecule has 4 aromatic rings. The van der Waals surface area contributed by atoms with Crippen LogP contribution in [0.3, 0.4) is 0 Å². The number of hydrogen-bond donors (Lipinski definition) is 5. The van der Waals surface area contributed by atoms with Gasteiger partial charge in [-0.15, -0.1) is 11.8 Å². The molecule has 6 rings (SSSR count). The quantitative estimate of drug-likeness (QED) is 0.0344. The van der Waals surface area contributed by atoms with E-state index in [0.717, 1.165) is 33.1 Å². The monoisotopic (exact) mass is 815 g/mol. The number of rotatable bonds is 17. The molecular weight excluding hydrogens is 776 g/mol. The standard InChI is InChI=1S/C39H39FN8O7S2/c1-48(2,28(21-49)32(41)50)20-12-13-24-22-56-36-30(35(52)47(36)31(24)37(53)54)42-34(51)29(45-55-23-40)33-43-38(57-46-33)44-39(25-14-6-3-7-15-25,26-16-8-4-9-17-26)27-18-10-5-11-19-27/h3-19,28,30,36,49H,20-23H2,1-2H3,(H4-,41,42,43,44,46,50,51,53,54)/p+1/b13-12+,45-29-/t28-,30-,36-/m1/s1. The molecule has 0 unspecified atom stereocenters. The first-order valence-electron chi connectivity index (χ1n) is 17.6. The van der Waals surface area contributed by atoms with Crippen LogP contribution in [0.1, 0.15) is 22.5 Å². The summed E-state index contributed by atoms with van der Waals surface area (Å²) in [6.07, 6.45) is 3.21. The molecule has 6 N–H and O–H groups in total. The lowest BCUT2D eigenvalue weighted by atomic mass is 9.77. The number of benzene rings is 3. The molecule has 0 radical (unpaired) electrons. The van der Waals surface area contributed by atoms with Gasteiger partial charge in [0.15, 0.2) is 6.04 Å². The van der Waals surface area contributed by atoms with Crippen LogP contribution in [0.25, 0.3) is 0 Å². The Morgan fingerprint density at radius 3 is 2.14 bits per heavy atom. The maximum Gasteiger partial charge on any atom is 0.352 e. The SMILES string of the molecule is C[N+](C)(C/C=C/C1=C(C(=O)O)N2C(=O)[C@@H](NC(=O)/C(=N\OCF)c3nsc(NC(c4ccccc4)(c4ccccc4)c4ccccc4)n3)[C@H]2SC1)[C@H](CO)C(N)=O. The van der Waals surface area contributed by atoms with Crippen molar-refractivity contribution in [3.05, 3.63) is 137 Å². The Bertz CT molecular complexity index is 2110. The number of quaternary nitrogens is 1. The van der Waals surface area contributed by atoms with Gasteiger partial charge in [-0.1, -0.05) is 102 Å². The number of carbonyl (C=O) groups is 4. The van der Waals surface area contributed by atoms with Gasteiger partial charge in [0.05, 0.1) is 20.6 Å². The highest BCUT2D eigenvalue weighted by molar-refractivity contribution is 8.00. The number of aliphatic hydroxyl groups is 1. The van der Waals surface area contributed by atoms with Gasteiger partial charge < -0.3 is 35.9 Å². The molecule has 0 saturated carbocycles. The second kappa shape index (κ2) is 17.5. The number of alkyl halides is 1. The lowest BCUT2D eigenvalue weighted by Gasteiger charge is -2.49. The van der Waals surface area contributed by atoms with Gasteiger partial charge >= 0.3 is 5.97 Å². The zero-order valence-electron chi connectivity index (χ0n) is 30.8. The molecule has 1 aromatic heterocycles. The van der Waals surface area contributed by atoms with Crippen molar-refractivity contribution in [1.29, 1.82) is 0 Å². The number of aliphatic hydroxyl groups excluding tert-OH is 1. The van der Waals surface area contributed by atoms with Gasteiger partial charge in [-0.2, -0.15) is 9.36 Å². The number of anilines is 1. The Kier molecular flexibility index (Phi) is 12.5. The van der Waals surface area contributed by atoms with Crippen molar-refractivity contribution in [2.75, 3.05) is 45.2 Å². The molecule has 2 aliphatic heterocycles. The smallest absolute Gasteiger partial charge is 0.352 e. The van der Waals surface area contributed by atoms with Crippen LogP contribution >= 0.6 is 23.3 Å². The number of thioether (sulfide) groups is 1. The topological polar surface area (TPSA) is 209 Å². The highest BCUT2D eigenvalue weighted by Crippen LogP contribution is 2.42. The summed E-state index contributed by atoms with van der Waals surface area (Å²) in [5, 5.41) is 29.1. The third-order valence-electron chi connectivity index (χ3n) is 9.70. The number of carbonyl (C=O) groups excluding carboxylic acids is 3. The van der Waals surface area contributed by atoms with E-state index in [1.807, 2.05) is 91.0 Å². The summed E-state index contributed by atoms with van der Waals surface area (Å²) in [5.74, 6) is -3.68. The van der Waals surface area contributed by atoms with E-state index >= 15 is 0 Å². The van der Waals surface area contributed by atoms with Crippen LogP contribution in [-0.4, -0.2) is 116 Å². The maximum absolute atomic E-state index is 13.8. The number of aromatic nitrogens is 2. The normalized spacial score (nSPS) is 17.8. The number of halogens is 1. The third-order valence-corrected chi connectivity index (χ3v) is 11.6. The average molecular weight is 816 g/mol. The van der Waals surface area contributed by atoms with Crippen LogP contribution in [0, 0.1) is 0 Å². The molecule has 3 amide bonds. The zero-order chi connectivity index (χ0) is 40.7. The molecule has 3 aromatic carbocycles. The number of nitrogens with two attached hydrogens (primary N) is 1. The molecule has 18 heteroatoms. The molecule has 0 spiro atoms. The Hall–Kier alpha value is -5.95. The number of likely N-dealkylation sites (N-methyl/N-ethyl adjacent to an activating group) is 1. The van der Waals surface area contributed by atoms with Crippen LogP contribution in [0.15, 0.2) is 120 Å². The second-order valence-electron chi connectivity index (χ2n) is 13.6. The van der Waals surface area contributed by atoms with Crippen molar-refractivity contribution in [3.63, 3.8) is 0 Å². The molecular formula is C39H40FN8O7S2+. The molecule has 1 saturated heterocycles. The minimum Gasteiger partial charge on any atom is -0.477 e. The van der Waals surface area contributed by atoms with Crippen molar-refractivity contribution < 1.29 is 43.1 Å². The van der Waals surface area contributed by atoms with Crippen molar-refractivity contribution in [3.8, 4) is 0 Å². The molecule has 296 valence electrons. The van der Waals surface area contributed by atoms with E-state index in [9.17, 15) is 33.8 Å². The van der Waals surface area contributed by atoms with Crippen LogP contribution < -0.4 is 16.4 Å². The summed E-state index contributed by atoms with van der Waals surface area (Å²) in [7, 11) is 3.39. The number of allylic oxidation sites excluding steroid dienone is 1. The number of fused-ring (bicyclic) bond motifs is 1. The van der Waals surface area contributed by atoms with E-state index in [1.54, 1.807) is 26.2 Å². The van der Waals surface area contributed by atoms with Gasteiger partial charge in [0.2, 0.25) is 16.7 Å². The second-order valence-corrected chi connectivity index (χ2v) is 15.4. The summed E-state index contributed by atoms with van der Waals surface area (Å²) < 4.78 is 17.7. The highest BCUT2D eigenvalue weighted by atomic mass is 32.2.